The van der Waals surface area contributed by atoms with Gasteiger partial charge in [0.1, 0.15) is 6.04 Å². The summed E-state index contributed by atoms with van der Waals surface area (Å²) in [5, 5.41) is 10.2. The number of rotatable bonds is 11. The molecule has 1 aromatic carbocycles. The molecule has 35 heavy (non-hydrogen) atoms. The van der Waals surface area contributed by atoms with Crippen molar-refractivity contribution in [1.82, 2.24) is 25.8 Å². The summed E-state index contributed by atoms with van der Waals surface area (Å²) in [6.07, 6.45) is 4.45. The van der Waals surface area contributed by atoms with Crippen LogP contribution < -0.4 is 16.0 Å². The molecule has 1 aliphatic rings. The molecule has 0 bridgehead atoms. The van der Waals surface area contributed by atoms with Crippen molar-refractivity contribution in [2.45, 2.75) is 51.1 Å². The van der Waals surface area contributed by atoms with Crippen LogP contribution in [0.5, 0.6) is 0 Å². The van der Waals surface area contributed by atoms with Crippen LogP contribution in [0.4, 0.5) is 0 Å². The van der Waals surface area contributed by atoms with Gasteiger partial charge in [0.2, 0.25) is 17.7 Å². The summed E-state index contributed by atoms with van der Waals surface area (Å²) in [6, 6.07) is 4.46. The van der Waals surface area contributed by atoms with Crippen LogP contribution in [0.1, 0.15) is 37.6 Å². The fourth-order valence-electron chi connectivity index (χ4n) is 4.42. The number of halogens is 1. The molecule has 1 fully saturated rings. The summed E-state index contributed by atoms with van der Waals surface area (Å²) in [7, 11) is 3.75. The number of hydrogen-bond acceptors (Lipinski definition) is 6. The highest BCUT2D eigenvalue weighted by Gasteiger charge is 2.30. The first-order valence-electron chi connectivity index (χ1n) is 11.9. The zero-order chi connectivity index (χ0) is 25.5. The van der Waals surface area contributed by atoms with Gasteiger partial charge in [-0.1, -0.05) is 31.0 Å². The van der Waals surface area contributed by atoms with E-state index in [1.807, 2.05) is 31.1 Å². The number of fused-ring (bicyclic) bond motifs is 1. The Balaban J connectivity index is 1.70. The van der Waals surface area contributed by atoms with Crippen LogP contribution in [0.2, 0.25) is 5.02 Å². The standard InChI is InChI=1S/C25H34ClN5O3S/c1-15(14-31(3)4)24(33)27-13-21(17-7-5-6-8-17)30-25(34)20(28-16(2)32)12-23-29-19-10-9-18(26)11-22(19)35-23/h9-11,17,20-21H,1,5-8,12-14H2,2-4H3,(H,27,33)(H,28,32)(H,30,34)/t20-,21?/m0/s1. The van der Waals surface area contributed by atoms with E-state index in [0.29, 0.717) is 23.7 Å². The predicted molar refractivity (Wildman–Crippen MR) is 141 cm³/mol. The van der Waals surface area contributed by atoms with Gasteiger partial charge in [-0.25, -0.2) is 4.98 Å². The van der Waals surface area contributed by atoms with Gasteiger partial charge in [-0.15, -0.1) is 11.3 Å². The second-order valence-corrected chi connectivity index (χ2v) is 10.9. The van der Waals surface area contributed by atoms with Gasteiger partial charge in [-0.3, -0.25) is 14.4 Å². The number of nitrogens with zero attached hydrogens (tertiary/aromatic N) is 2. The minimum Gasteiger partial charge on any atom is -0.350 e. The van der Waals surface area contributed by atoms with Crippen LogP contribution in [0.15, 0.2) is 30.4 Å². The van der Waals surface area contributed by atoms with Gasteiger partial charge in [0, 0.05) is 43.1 Å². The first kappa shape index (κ1) is 27.1. The number of likely N-dealkylation sites (N-methyl/N-ethyl adjacent to an activating group) is 1. The summed E-state index contributed by atoms with van der Waals surface area (Å²) in [6.45, 7) is 6.03. The summed E-state index contributed by atoms with van der Waals surface area (Å²) in [5.41, 5.74) is 1.28. The van der Waals surface area contributed by atoms with Gasteiger partial charge < -0.3 is 20.9 Å². The zero-order valence-electron chi connectivity index (χ0n) is 20.5. The van der Waals surface area contributed by atoms with Crippen LogP contribution in [0.3, 0.4) is 0 Å². The molecule has 3 amide bonds. The highest BCUT2D eigenvalue weighted by atomic mass is 35.5. The number of nitrogens with one attached hydrogen (secondary N) is 3. The first-order valence-corrected chi connectivity index (χ1v) is 13.0. The molecule has 1 aliphatic carbocycles. The molecule has 2 atom stereocenters. The SMILES string of the molecule is C=C(CN(C)C)C(=O)NCC(NC(=O)[C@H](Cc1nc2ccc(Cl)cc2s1)NC(C)=O)C1CCCC1. The molecular formula is C25H34ClN5O3S. The van der Waals surface area contributed by atoms with Crippen molar-refractivity contribution < 1.29 is 14.4 Å². The number of thiazole rings is 1. The molecule has 1 aromatic heterocycles. The Hall–Kier alpha value is -2.49. The van der Waals surface area contributed by atoms with Crippen molar-refractivity contribution in [3.63, 3.8) is 0 Å². The van der Waals surface area contributed by atoms with E-state index in [2.05, 4.69) is 27.5 Å². The molecule has 1 heterocycles. The van der Waals surface area contributed by atoms with Crippen LogP contribution >= 0.6 is 22.9 Å². The van der Waals surface area contributed by atoms with Crippen molar-refractivity contribution in [1.29, 1.82) is 0 Å². The Kier molecular flexibility index (Phi) is 9.65. The number of amides is 3. The summed E-state index contributed by atoms with van der Waals surface area (Å²) in [4.78, 5) is 44.2. The van der Waals surface area contributed by atoms with Crippen molar-refractivity contribution >= 4 is 50.9 Å². The molecule has 0 radical (unpaired) electrons. The lowest BCUT2D eigenvalue weighted by Gasteiger charge is -2.27. The van der Waals surface area contributed by atoms with E-state index < -0.39 is 6.04 Å². The second-order valence-electron chi connectivity index (χ2n) is 9.39. The molecule has 10 heteroatoms. The first-order chi connectivity index (χ1) is 16.6. The van der Waals surface area contributed by atoms with Gasteiger partial charge in [0.05, 0.1) is 15.2 Å². The molecule has 0 saturated heterocycles. The maximum Gasteiger partial charge on any atom is 0.247 e. The van der Waals surface area contributed by atoms with Crippen molar-refractivity contribution in [3.8, 4) is 0 Å². The number of carbonyl (C=O) groups excluding carboxylic acids is 3. The summed E-state index contributed by atoms with van der Waals surface area (Å²) >= 11 is 7.54. The Morgan fingerprint density at radius 2 is 1.94 bits per heavy atom. The smallest absolute Gasteiger partial charge is 0.247 e. The van der Waals surface area contributed by atoms with E-state index in [0.717, 1.165) is 40.9 Å². The quantitative estimate of drug-likeness (QED) is 0.396. The largest absolute Gasteiger partial charge is 0.350 e. The third-order valence-corrected chi connectivity index (χ3v) is 7.35. The Morgan fingerprint density at radius 1 is 1.23 bits per heavy atom. The van der Waals surface area contributed by atoms with Gasteiger partial charge in [-0.05, 0) is 51.1 Å². The molecule has 2 aromatic rings. The van der Waals surface area contributed by atoms with Crippen LogP contribution in [0.25, 0.3) is 10.2 Å². The third-order valence-electron chi connectivity index (χ3n) is 6.07. The highest BCUT2D eigenvalue weighted by Crippen LogP contribution is 2.28. The van der Waals surface area contributed by atoms with Gasteiger partial charge >= 0.3 is 0 Å². The molecular weight excluding hydrogens is 486 g/mol. The lowest BCUT2D eigenvalue weighted by molar-refractivity contribution is -0.128. The number of hydrogen-bond donors (Lipinski definition) is 3. The van der Waals surface area contributed by atoms with E-state index >= 15 is 0 Å². The molecule has 0 aliphatic heterocycles. The van der Waals surface area contributed by atoms with Crippen molar-refractivity contribution in [3.05, 3.63) is 40.4 Å². The minimum absolute atomic E-state index is 0.220. The number of benzene rings is 1. The van der Waals surface area contributed by atoms with Gasteiger partial charge in [0.25, 0.3) is 0 Å². The average Bonchev–Trinajstić information content (AvgIpc) is 3.44. The molecule has 190 valence electrons. The van der Waals surface area contributed by atoms with Crippen LogP contribution in [-0.4, -0.2) is 66.9 Å². The monoisotopic (exact) mass is 519 g/mol. The van der Waals surface area contributed by atoms with Gasteiger partial charge in [0.15, 0.2) is 0 Å². The molecule has 0 spiro atoms. The summed E-state index contributed by atoms with van der Waals surface area (Å²) in [5.74, 6) is -0.526. The van der Waals surface area contributed by atoms with Gasteiger partial charge in [-0.2, -0.15) is 0 Å². The molecule has 3 N–H and O–H groups in total. The Bertz CT molecular complexity index is 1080. The fraction of sp³-hybridized carbons (Fsp3) is 0.520. The maximum absolute atomic E-state index is 13.3. The lowest BCUT2D eigenvalue weighted by Crippen LogP contribution is -2.54. The molecule has 1 unspecified atom stereocenters. The molecule has 8 nitrogen and oxygen atoms in total. The number of aromatic nitrogens is 1. The maximum atomic E-state index is 13.3. The Morgan fingerprint density at radius 3 is 2.60 bits per heavy atom. The van der Waals surface area contributed by atoms with Crippen LogP contribution in [-0.2, 0) is 20.8 Å². The van der Waals surface area contributed by atoms with Crippen molar-refractivity contribution in [2.75, 3.05) is 27.2 Å². The average molecular weight is 520 g/mol. The van der Waals surface area contributed by atoms with E-state index in [-0.39, 0.29) is 36.1 Å². The molecule has 1 saturated carbocycles. The summed E-state index contributed by atoms with van der Waals surface area (Å²) < 4.78 is 0.930. The highest BCUT2D eigenvalue weighted by molar-refractivity contribution is 7.18. The lowest BCUT2D eigenvalue weighted by atomic mass is 9.97. The van der Waals surface area contributed by atoms with E-state index in [4.69, 9.17) is 11.6 Å². The fourth-order valence-corrected chi connectivity index (χ4v) is 5.71. The van der Waals surface area contributed by atoms with E-state index in [1.54, 1.807) is 6.07 Å². The predicted octanol–water partition coefficient (Wildman–Crippen LogP) is 2.91. The molecule has 3 rings (SSSR count). The van der Waals surface area contributed by atoms with Crippen molar-refractivity contribution in [2.24, 2.45) is 5.92 Å². The third kappa shape index (κ3) is 8.02. The Labute approximate surface area is 215 Å². The van der Waals surface area contributed by atoms with Crippen LogP contribution in [0, 0.1) is 5.92 Å². The zero-order valence-corrected chi connectivity index (χ0v) is 22.1. The minimum atomic E-state index is -0.771. The van der Waals surface area contributed by atoms with E-state index in [1.165, 1.54) is 18.3 Å². The topological polar surface area (TPSA) is 103 Å². The normalized spacial score (nSPS) is 15.7. The number of carbonyl (C=O) groups is 3. The van der Waals surface area contributed by atoms with E-state index in [9.17, 15) is 14.4 Å². The second kappa shape index (κ2) is 12.5.